The Hall–Kier alpha value is -1.14. The highest BCUT2D eigenvalue weighted by molar-refractivity contribution is 8.03. The van der Waals surface area contributed by atoms with E-state index in [2.05, 4.69) is 38.3 Å². The quantitative estimate of drug-likeness (QED) is 0.565. The predicted octanol–water partition coefficient (Wildman–Crippen LogP) is 4.36. The molecule has 18 heavy (non-hydrogen) atoms. The van der Waals surface area contributed by atoms with Crippen LogP contribution >= 0.6 is 11.8 Å². The second-order valence-corrected chi connectivity index (χ2v) is 6.12. The van der Waals surface area contributed by atoms with Gasteiger partial charge in [0.15, 0.2) is 0 Å². The first-order chi connectivity index (χ1) is 8.55. The van der Waals surface area contributed by atoms with Crippen molar-refractivity contribution < 1.29 is 4.74 Å². The average molecular weight is 263 g/mol. The number of hydrogen-bond donors (Lipinski definition) is 0. The first kappa shape index (κ1) is 14.9. The smallest absolute Gasteiger partial charge is 0.133 e. The van der Waals surface area contributed by atoms with E-state index in [0.29, 0.717) is 0 Å². The number of unbranched alkanes of at least 4 members (excludes halogenated alkanes) is 1. The molecule has 0 aliphatic rings. The van der Waals surface area contributed by atoms with E-state index in [1.54, 1.807) is 0 Å². The number of nitriles is 1. The molecule has 0 unspecified atom stereocenters. The summed E-state index contributed by atoms with van der Waals surface area (Å²) in [4.78, 5) is 0. The molecule has 0 heterocycles. The second-order valence-electron chi connectivity index (χ2n) is 5.24. The largest absolute Gasteiger partial charge is 0.493 e. The van der Waals surface area contributed by atoms with Crippen molar-refractivity contribution in [1.82, 2.24) is 0 Å². The van der Waals surface area contributed by atoms with Crippen molar-refractivity contribution in [3.63, 3.8) is 0 Å². The number of thiocyanates is 1. The summed E-state index contributed by atoms with van der Waals surface area (Å²) in [6.07, 6.45) is 2.02. The molecule has 0 spiro atoms. The lowest BCUT2D eigenvalue weighted by molar-refractivity contribution is 0.301. The summed E-state index contributed by atoms with van der Waals surface area (Å²) < 4.78 is 5.85. The van der Waals surface area contributed by atoms with E-state index >= 15 is 0 Å². The maximum atomic E-state index is 8.41. The minimum atomic E-state index is 0.104. The van der Waals surface area contributed by atoms with E-state index in [9.17, 15) is 0 Å². The number of benzene rings is 1. The second kappa shape index (κ2) is 7.33. The Morgan fingerprint density at radius 1 is 1.22 bits per heavy atom. The van der Waals surface area contributed by atoms with E-state index in [4.69, 9.17) is 10.00 Å². The maximum Gasteiger partial charge on any atom is 0.133 e. The third-order valence-electron chi connectivity index (χ3n) is 2.66. The van der Waals surface area contributed by atoms with E-state index in [0.717, 1.165) is 31.0 Å². The Morgan fingerprint density at radius 3 is 2.61 bits per heavy atom. The van der Waals surface area contributed by atoms with Gasteiger partial charge in [0.1, 0.15) is 11.2 Å². The molecule has 0 aliphatic heterocycles. The minimum Gasteiger partial charge on any atom is -0.493 e. The fourth-order valence-corrected chi connectivity index (χ4v) is 2.16. The van der Waals surface area contributed by atoms with Crippen molar-refractivity contribution in [2.75, 3.05) is 12.4 Å². The Balaban J connectivity index is 2.45. The third-order valence-corrected chi connectivity index (χ3v) is 3.28. The monoisotopic (exact) mass is 263 g/mol. The Morgan fingerprint density at radius 2 is 1.94 bits per heavy atom. The molecule has 1 rings (SSSR count). The highest BCUT2D eigenvalue weighted by Crippen LogP contribution is 2.30. The normalized spacial score (nSPS) is 11.0. The van der Waals surface area contributed by atoms with E-state index < -0.39 is 0 Å². The van der Waals surface area contributed by atoms with Gasteiger partial charge in [-0.1, -0.05) is 39.0 Å². The fourth-order valence-electron chi connectivity index (χ4n) is 1.72. The predicted molar refractivity (Wildman–Crippen MR) is 77.9 cm³/mol. The SMILES string of the molecule is CC(C)(C)c1ccccc1OCCCCSC#N. The number of para-hydroxylation sites is 1. The summed E-state index contributed by atoms with van der Waals surface area (Å²) >= 11 is 1.31. The van der Waals surface area contributed by atoms with Gasteiger partial charge in [0.25, 0.3) is 0 Å². The highest BCUT2D eigenvalue weighted by Gasteiger charge is 2.17. The summed E-state index contributed by atoms with van der Waals surface area (Å²) in [5, 5.41) is 10.5. The van der Waals surface area contributed by atoms with Crippen molar-refractivity contribution in [2.45, 2.75) is 39.0 Å². The molecule has 0 N–H and O–H groups in total. The number of ether oxygens (including phenoxy) is 1. The standard InChI is InChI=1S/C15H21NOS/c1-15(2,3)13-8-4-5-9-14(13)17-10-6-7-11-18-12-16/h4-5,8-9H,6-7,10-11H2,1-3H3. The average Bonchev–Trinajstić information content (AvgIpc) is 2.33. The van der Waals surface area contributed by atoms with Crippen LogP contribution in [0.15, 0.2) is 24.3 Å². The molecule has 0 bridgehead atoms. The Kier molecular flexibility index (Phi) is 6.07. The molecule has 0 fully saturated rings. The van der Waals surface area contributed by atoms with Crippen LogP contribution in [0.2, 0.25) is 0 Å². The topological polar surface area (TPSA) is 33.0 Å². The van der Waals surface area contributed by atoms with Crippen LogP contribution in [0.3, 0.4) is 0 Å². The van der Waals surface area contributed by atoms with Crippen molar-refractivity contribution in [2.24, 2.45) is 0 Å². The summed E-state index contributed by atoms with van der Waals surface area (Å²) in [5.41, 5.74) is 1.35. The van der Waals surface area contributed by atoms with E-state index in [-0.39, 0.29) is 5.41 Å². The number of rotatable bonds is 6. The van der Waals surface area contributed by atoms with Gasteiger partial charge in [-0.15, -0.1) is 0 Å². The molecule has 3 heteroatoms. The van der Waals surface area contributed by atoms with Crippen LogP contribution in [0.4, 0.5) is 0 Å². The van der Waals surface area contributed by atoms with Crippen LogP contribution in [-0.4, -0.2) is 12.4 Å². The number of nitrogens with zero attached hydrogens (tertiary/aromatic N) is 1. The van der Waals surface area contributed by atoms with Gasteiger partial charge in [0, 0.05) is 5.75 Å². The zero-order valence-electron chi connectivity index (χ0n) is 11.4. The Bertz CT molecular complexity index is 404. The van der Waals surface area contributed by atoms with Gasteiger partial charge < -0.3 is 4.74 Å². The zero-order valence-corrected chi connectivity index (χ0v) is 12.2. The van der Waals surface area contributed by atoms with E-state index in [1.165, 1.54) is 17.3 Å². The fraction of sp³-hybridized carbons (Fsp3) is 0.533. The van der Waals surface area contributed by atoms with Gasteiger partial charge in [-0.3, -0.25) is 0 Å². The number of hydrogen-bond acceptors (Lipinski definition) is 3. The van der Waals surface area contributed by atoms with Gasteiger partial charge in [-0.25, -0.2) is 0 Å². The summed E-state index contributed by atoms with van der Waals surface area (Å²) in [7, 11) is 0. The molecule has 0 atom stereocenters. The minimum absolute atomic E-state index is 0.104. The third kappa shape index (κ3) is 5.01. The van der Waals surface area contributed by atoms with Crippen molar-refractivity contribution in [3.8, 4) is 11.2 Å². The molecule has 0 amide bonds. The zero-order chi connectivity index (χ0) is 13.4. The van der Waals surface area contributed by atoms with E-state index in [1.807, 2.05) is 12.1 Å². The van der Waals surface area contributed by atoms with Crippen LogP contribution < -0.4 is 4.74 Å². The summed E-state index contributed by atoms with van der Waals surface area (Å²) in [5.74, 6) is 1.87. The molecular weight excluding hydrogens is 242 g/mol. The highest BCUT2D eigenvalue weighted by atomic mass is 32.2. The molecule has 0 aromatic heterocycles. The van der Waals surface area contributed by atoms with Crippen LogP contribution in [0, 0.1) is 10.7 Å². The molecule has 1 aromatic carbocycles. The molecule has 98 valence electrons. The lowest BCUT2D eigenvalue weighted by Crippen LogP contribution is -2.13. The summed E-state index contributed by atoms with van der Waals surface area (Å²) in [6, 6.07) is 8.22. The molecule has 0 saturated heterocycles. The van der Waals surface area contributed by atoms with Gasteiger partial charge in [0.05, 0.1) is 6.61 Å². The lowest BCUT2D eigenvalue weighted by atomic mass is 9.86. The maximum absolute atomic E-state index is 8.41. The van der Waals surface area contributed by atoms with Crippen LogP contribution in [0.25, 0.3) is 0 Å². The van der Waals surface area contributed by atoms with Crippen LogP contribution in [0.1, 0.15) is 39.2 Å². The van der Waals surface area contributed by atoms with Crippen molar-refractivity contribution in [3.05, 3.63) is 29.8 Å². The first-order valence-corrected chi connectivity index (χ1v) is 7.27. The first-order valence-electron chi connectivity index (χ1n) is 6.29. The van der Waals surface area contributed by atoms with Gasteiger partial charge in [-0.05, 0) is 41.6 Å². The molecule has 0 radical (unpaired) electrons. The van der Waals surface area contributed by atoms with Crippen molar-refractivity contribution in [1.29, 1.82) is 5.26 Å². The number of thioether (sulfide) groups is 1. The lowest BCUT2D eigenvalue weighted by Gasteiger charge is -2.22. The summed E-state index contributed by atoms with van der Waals surface area (Å²) in [6.45, 7) is 7.30. The van der Waals surface area contributed by atoms with Gasteiger partial charge in [-0.2, -0.15) is 5.26 Å². The van der Waals surface area contributed by atoms with Crippen LogP contribution in [-0.2, 0) is 5.41 Å². The van der Waals surface area contributed by atoms with Crippen LogP contribution in [0.5, 0.6) is 5.75 Å². The Labute approximate surface area is 114 Å². The van der Waals surface area contributed by atoms with Gasteiger partial charge in [0.2, 0.25) is 0 Å². The van der Waals surface area contributed by atoms with Gasteiger partial charge >= 0.3 is 0 Å². The molecule has 0 aliphatic carbocycles. The molecule has 1 aromatic rings. The molecular formula is C15H21NOS. The molecule has 0 saturated carbocycles. The molecule has 2 nitrogen and oxygen atoms in total. The van der Waals surface area contributed by atoms with Crippen molar-refractivity contribution >= 4 is 11.8 Å².